The van der Waals surface area contributed by atoms with E-state index >= 15 is 0 Å². The Bertz CT molecular complexity index is 944. The predicted octanol–water partition coefficient (Wildman–Crippen LogP) is 2.45. The second-order valence-electron chi connectivity index (χ2n) is 6.42. The predicted molar refractivity (Wildman–Crippen MR) is 92.5 cm³/mol. The van der Waals surface area contributed by atoms with E-state index in [9.17, 15) is 5.11 Å². The molecule has 0 unspecified atom stereocenters. The minimum Gasteiger partial charge on any atom is -0.388 e. The summed E-state index contributed by atoms with van der Waals surface area (Å²) in [4.78, 5) is 9.21. The summed E-state index contributed by atoms with van der Waals surface area (Å²) in [5, 5.41) is 11.6. The molecule has 0 bridgehead atoms. The zero-order chi connectivity index (χ0) is 17.0. The molecule has 0 spiro atoms. The van der Waals surface area contributed by atoms with E-state index in [0.29, 0.717) is 18.2 Å². The maximum Gasteiger partial charge on any atom is 0.159 e. The number of nitrogens with zero attached hydrogens (tertiary/aromatic N) is 3. The monoisotopic (exact) mass is 357 g/mol. The number of fused-ring (bicyclic) bond motifs is 2. The Kier molecular flexibility index (Phi) is 3.53. The molecule has 1 N–H and O–H groups in total. The number of aromatic nitrogens is 3. The standard InChI is InChI=1S/C18H16ClN3O3/c19-11-2-4-12-10(7-11)1-3-13(21-12)18-20-5-6-22(18)14-8-24-17-15(23)9-25-16(14)17/h1-7,14-17,23H,8-9H2/t14-,15+,16+,17+/m0/s1. The fraction of sp³-hybridized carbons (Fsp3) is 0.333. The Morgan fingerprint density at radius 3 is 2.92 bits per heavy atom. The molecule has 25 heavy (non-hydrogen) atoms. The molecule has 2 aliphatic rings. The molecular formula is C18H16ClN3O3. The zero-order valence-corrected chi connectivity index (χ0v) is 14.0. The van der Waals surface area contributed by atoms with Crippen LogP contribution in [0.2, 0.25) is 5.02 Å². The summed E-state index contributed by atoms with van der Waals surface area (Å²) in [5.74, 6) is 0.760. The average Bonchev–Trinajstić information content (AvgIpc) is 3.32. The van der Waals surface area contributed by atoms with Gasteiger partial charge in [-0.25, -0.2) is 9.97 Å². The number of halogens is 1. The van der Waals surface area contributed by atoms with Gasteiger partial charge in [0.15, 0.2) is 5.82 Å². The van der Waals surface area contributed by atoms with E-state index in [1.54, 1.807) is 6.20 Å². The third kappa shape index (κ3) is 2.45. The van der Waals surface area contributed by atoms with Crippen molar-refractivity contribution >= 4 is 22.5 Å². The first-order valence-electron chi connectivity index (χ1n) is 8.21. The first-order valence-corrected chi connectivity index (χ1v) is 8.59. The van der Waals surface area contributed by atoms with Crippen molar-refractivity contribution in [3.8, 4) is 11.5 Å². The highest BCUT2D eigenvalue weighted by molar-refractivity contribution is 6.31. The SMILES string of the molecule is O[C@@H]1CO[C@H]2[C@@H]1OC[C@@H]2n1ccnc1-c1ccc2cc(Cl)ccc2n1. The molecule has 2 fully saturated rings. The number of ether oxygens (including phenoxy) is 2. The second-order valence-corrected chi connectivity index (χ2v) is 6.86. The van der Waals surface area contributed by atoms with Gasteiger partial charge in [-0.15, -0.1) is 0 Å². The van der Waals surface area contributed by atoms with Gasteiger partial charge in [-0.05, 0) is 24.3 Å². The summed E-state index contributed by atoms with van der Waals surface area (Å²) in [6.07, 6.45) is 2.66. The number of aliphatic hydroxyl groups excluding tert-OH is 1. The van der Waals surface area contributed by atoms with Gasteiger partial charge >= 0.3 is 0 Å². The number of benzene rings is 1. The van der Waals surface area contributed by atoms with Gasteiger partial charge in [0.05, 0.1) is 24.8 Å². The molecule has 7 heteroatoms. The highest BCUT2D eigenvalue weighted by atomic mass is 35.5. The summed E-state index contributed by atoms with van der Waals surface area (Å²) in [6.45, 7) is 0.795. The van der Waals surface area contributed by atoms with Gasteiger partial charge in [0.2, 0.25) is 0 Å². The van der Waals surface area contributed by atoms with Crippen molar-refractivity contribution in [2.24, 2.45) is 0 Å². The van der Waals surface area contributed by atoms with E-state index in [0.717, 1.165) is 22.4 Å². The van der Waals surface area contributed by atoms with Crippen LogP contribution in [-0.2, 0) is 9.47 Å². The molecule has 5 rings (SSSR count). The van der Waals surface area contributed by atoms with Crippen LogP contribution in [0.5, 0.6) is 0 Å². The maximum absolute atomic E-state index is 9.94. The summed E-state index contributed by atoms with van der Waals surface area (Å²) in [6, 6.07) is 9.53. The number of rotatable bonds is 2. The fourth-order valence-corrected chi connectivity index (χ4v) is 3.88. The maximum atomic E-state index is 9.94. The normalized spacial score (nSPS) is 28.6. The van der Waals surface area contributed by atoms with Gasteiger partial charge in [-0.2, -0.15) is 0 Å². The minimum absolute atomic E-state index is 0.0256. The van der Waals surface area contributed by atoms with Gasteiger partial charge in [-0.3, -0.25) is 0 Å². The summed E-state index contributed by atoms with van der Waals surface area (Å²) < 4.78 is 13.5. The molecule has 6 nitrogen and oxygen atoms in total. The van der Waals surface area contributed by atoms with Crippen LogP contribution in [0.4, 0.5) is 0 Å². The smallest absolute Gasteiger partial charge is 0.159 e. The highest BCUT2D eigenvalue weighted by Gasteiger charge is 2.48. The van der Waals surface area contributed by atoms with Gasteiger partial charge in [0.1, 0.15) is 24.0 Å². The molecule has 128 valence electrons. The summed E-state index contributed by atoms with van der Waals surface area (Å²) >= 11 is 6.04. The molecule has 2 aromatic heterocycles. The molecule has 3 aromatic rings. The third-order valence-corrected chi connectivity index (χ3v) is 5.14. The lowest BCUT2D eigenvalue weighted by Crippen LogP contribution is -2.30. The molecule has 0 aliphatic carbocycles. The van der Waals surface area contributed by atoms with Crippen molar-refractivity contribution in [1.82, 2.24) is 14.5 Å². The topological polar surface area (TPSA) is 69.4 Å². The molecule has 2 saturated heterocycles. The average molecular weight is 358 g/mol. The number of pyridine rings is 1. The molecule has 0 radical (unpaired) electrons. The summed E-state index contributed by atoms with van der Waals surface area (Å²) in [5.41, 5.74) is 1.64. The first kappa shape index (κ1) is 15.3. The van der Waals surface area contributed by atoms with Crippen LogP contribution in [0.15, 0.2) is 42.7 Å². The molecule has 2 aliphatic heterocycles. The van der Waals surface area contributed by atoms with Gasteiger partial charge < -0.3 is 19.1 Å². The Morgan fingerprint density at radius 1 is 1.12 bits per heavy atom. The molecule has 0 amide bonds. The lowest BCUT2D eigenvalue weighted by Gasteiger charge is -2.19. The first-order chi connectivity index (χ1) is 12.2. The van der Waals surface area contributed by atoms with Gasteiger partial charge in [-0.1, -0.05) is 17.7 Å². The third-order valence-electron chi connectivity index (χ3n) is 4.91. The van der Waals surface area contributed by atoms with E-state index in [1.165, 1.54) is 0 Å². The lowest BCUT2D eigenvalue weighted by molar-refractivity contribution is 0.0172. The van der Waals surface area contributed by atoms with Crippen molar-refractivity contribution in [3.05, 3.63) is 47.7 Å². The number of hydrogen-bond acceptors (Lipinski definition) is 5. The Hall–Kier alpha value is -1.99. The van der Waals surface area contributed by atoms with E-state index < -0.39 is 6.10 Å². The highest BCUT2D eigenvalue weighted by Crippen LogP contribution is 2.36. The minimum atomic E-state index is -0.564. The largest absolute Gasteiger partial charge is 0.388 e. The molecule has 1 aromatic carbocycles. The number of hydrogen-bond donors (Lipinski definition) is 1. The quantitative estimate of drug-likeness (QED) is 0.763. The Labute approximate surface area is 149 Å². The van der Waals surface area contributed by atoms with E-state index in [2.05, 4.69) is 4.98 Å². The van der Waals surface area contributed by atoms with E-state index in [1.807, 2.05) is 41.1 Å². The van der Waals surface area contributed by atoms with Crippen molar-refractivity contribution in [2.75, 3.05) is 13.2 Å². The van der Waals surface area contributed by atoms with Crippen molar-refractivity contribution in [3.63, 3.8) is 0 Å². The molecule has 4 atom stereocenters. The van der Waals surface area contributed by atoms with Crippen LogP contribution < -0.4 is 0 Å². The van der Waals surface area contributed by atoms with Crippen molar-refractivity contribution < 1.29 is 14.6 Å². The Morgan fingerprint density at radius 2 is 2.00 bits per heavy atom. The molecule has 4 heterocycles. The van der Waals surface area contributed by atoms with E-state index in [-0.39, 0.29) is 18.2 Å². The Balaban J connectivity index is 1.54. The lowest BCUT2D eigenvalue weighted by atomic mass is 10.1. The number of imidazole rings is 1. The van der Waals surface area contributed by atoms with Crippen LogP contribution in [0, 0.1) is 0 Å². The van der Waals surface area contributed by atoms with Gasteiger partial charge in [0, 0.05) is 22.8 Å². The van der Waals surface area contributed by atoms with Crippen molar-refractivity contribution in [1.29, 1.82) is 0 Å². The van der Waals surface area contributed by atoms with Crippen molar-refractivity contribution in [2.45, 2.75) is 24.4 Å². The fourth-order valence-electron chi connectivity index (χ4n) is 3.70. The van der Waals surface area contributed by atoms with Crippen LogP contribution in [-0.4, -0.2) is 51.2 Å². The zero-order valence-electron chi connectivity index (χ0n) is 13.2. The van der Waals surface area contributed by atoms with Crippen LogP contribution >= 0.6 is 11.6 Å². The molecule has 0 saturated carbocycles. The second kappa shape index (κ2) is 5.78. The van der Waals surface area contributed by atoms with E-state index in [4.69, 9.17) is 26.1 Å². The van der Waals surface area contributed by atoms with Crippen LogP contribution in [0.25, 0.3) is 22.4 Å². The summed E-state index contributed by atoms with van der Waals surface area (Å²) in [7, 11) is 0. The molecular weight excluding hydrogens is 342 g/mol. The van der Waals surface area contributed by atoms with Crippen LogP contribution in [0.3, 0.4) is 0 Å². The van der Waals surface area contributed by atoms with Gasteiger partial charge in [0.25, 0.3) is 0 Å². The van der Waals surface area contributed by atoms with Crippen LogP contribution in [0.1, 0.15) is 6.04 Å². The number of aliphatic hydroxyl groups is 1.